The van der Waals surface area contributed by atoms with Crippen LogP contribution in [0.2, 0.25) is 0 Å². The number of anilines is 1. The van der Waals surface area contributed by atoms with Crippen LogP contribution in [0, 0.1) is 11.3 Å². The summed E-state index contributed by atoms with van der Waals surface area (Å²) in [6.45, 7) is 2.10. The smallest absolute Gasteiger partial charge is 0.274 e. The highest BCUT2D eigenvalue weighted by Crippen LogP contribution is 2.17. The molecule has 0 aliphatic rings. The van der Waals surface area contributed by atoms with Gasteiger partial charge in [0.05, 0.1) is 5.56 Å². The SMILES string of the molecule is CCCc1ccccc1NC(=O)c1ccc(C#N)cn1. The molecule has 1 amide bonds. The summed E-state index contributed by atoms with van der Waals surface area (Å²) in [7, 11) is 0. The van der Waals surface area contributed by atoms with Crippen molar-refractivity contribution in [3.8, 4) is 6.07 Å². The predicted molar refractivity (Wildman–Crippen MR) is 77.3 cm³/mol. The minimum absolute atomic E-state index is 0.266. The Kier molecular flexibility index (Phi) is 4.46. The first kappa shape index (κ1) is 13.8. The highest BCUT2D eigenvalue weighted by molar-refractivity contribution is 6.03. The summed E-state index contributed by atoms with van der Waals surface area (Å²) in [6.07, 6.45) is 3.33. The number of pyridine rings is 1. The normalized spacial score (nSPS) is 9.80. The van der Waals surface area contributed by atoms with Crippen molar-refractivity contribution in [2.24, 2.45) is 0 Å². The number of rotatable bonds is 4. The fourth-order valence-corrected chi connectivity index (χ4v) is 1.91. The van der Waals surface area contributed by atoms with E-state index < -0.39 is 0 Å². The minimum atomic E-state index is -0.266. The van der Waals surface area contributed by atoms with Crippen LogP contribution in [0.15, 0.2) is 42.6 Å². The standard InChI is InChI=1S/C16H15N3O/c1-2-5-13-6-3-4-7-14(13)19-16(20)15-9-8-12(10-17)11-18-15/h3-4,6-9,11H,2,5H2,1H3,(H,19,20). The molecular formula is C16H15N3O. The molecule has 20 heavy (non-hydrogen) atoms. The van der Waals surface area contributed by atoms with E-state index in [2.05, 4.69) is 17.2 Å². The number of hydrogen-bond acceptors (Lipinski definition) is 3. The number of carbonyl (C=O) groups is 1. The third kappa shape index (κ3) is 3.21. The molecule has 0 radical (unpaired) electrons. The van der Waals surface area contributed by atoms with Gasteiger partial charge in [0.15, 0.2) is 0 Å². The molecule has 0 spiro atoms. The molecule has 1 N–H and O–H groups in total. The molecule has 1 aromatic heterocycles. The van der Waals surface area contributed by atoms with Crippen molar-refractivity contribution in [1.29, 1.82) is 5.26 Å². The molecule has 0 aliphatic heterocycles. The summed E-state index contributed by atoms with van der Waals surface area (Å²) in [5.74, 6) is -0.266. The summed E-state index contributed by atoms with van der Waals surface area (Å²) < 4.78 is 0. The van der Waals surface area contributed by atoms with Crippen LogP contribution >= 0.6 is 0 Å². The number of carbonyl (C=O) groups excluding carboxylic acids is 1. The second-order valence-corrected chi connectivity index (χ2v) is 4.41. The highest BCUT2D eigenvalue weighted by Gasteiger charge is 2.09. The largest absolute Gasteiger partial charge is 0.320 e. The van der Waals surface area contributed by atoms with Crippen molar-refractivity contribution in [2.75, 3.05) is 5.32 Å². The zero-order chi connectivity index (χ0) is 14.4. The Morgan fingerprint density at radius 1 is 1.30 bits per heavy atom. The Morgan fingerprint density at radius 2 is 2.10 bits per heavy atom. The molecule has 1 heterocycles. The van der Waals surface area contributed by atoms with E-state index >= 15 is 0 Å². The van der Waals surface area contributed by atoms with Gasteiger partial charge in [0.2, 0.25) is 0 Å². The molecule has 0 saturated carbocycles. The van der Waals surface area contributed by atoms with Gasteiger partial charge >= 0.3 is 0 Å². The van der Waals surface area contributed by atoms with Gasteiger partial charge in [-0.15, -0.1) is 0 Å². The number of amides is 1. The molecule has 2 rings (SSSR count). The summed E-state index contributed by atoms with van der Waals surface area (Å²) in [4.78, 5) is 16.1. The van der Waals surface area contributed by atoms with Crippen molar-refractivity contribution in [3.63, 3.8) is 0 Å². The Morgan fingerprint density at radius 3 is 2.75 bits per heavy atom. The number of para-hydroxylation sites is 1. The molecule has 0 fully saturated rings. The Labute approximate surface area is 118 Å². The fourth-order valence-electron chi connectivity index (χ4n) is 1.91. The maximum Gasteiger partial charge on any atom is 0.274 e. The van der Waals surface area contributed by atoms with Gasteiger partial charge in [-0.25, -0.2) is 4.98 Å². The molecule has 1 aromatic carbocycles. The first-order valence-electron chi connectivity index (χ1n) is 6.50. The number of nitrogens with zero attached hydrogens (tertiary/aromatic N) is 2. The second kappa shape index (κ2) is 6.48. The molecule has 4 nitrogen and oxygen atoms in total. The van der Waals surface area contributed by atoms with Gasteiger partial charge in [-0.05, 0) is 30.2 Å². The molecule has 0 saturated heterocycles. The highest BCUT2D eigenvalue weighted by atomic mass is 16.1. The van der Waals surface area contributed by atoms with E-state index in [0.29, 0.717) is 11.3 Å². The number of aromatic nitrogens is 1. The monoisotopic (exact) mass is 265 g/mol. The first-order chi connectivity index (χ1) is 9.74. The van der Waals surface area contributed by atoms with E-state index in [1.54, 1.807) is 12.1 Å². The molecule has 0 atom stereocenters. The van der Waals surface area contributed by atoms with Crippen molar-refractivity contribution in [2.45, 2.75) is 19.8 Å². The van der Waals surface area contributed by atoms with Gasteiger partial charge in [0.25, 0.3) is 5.91 Å². The summed E-state index contributed by atoms with van der Waals surface area (Å²) in [6, 6.07) is 12.8. The quantitative estimate of drug-likeness (QED) is 0.923. The van der Waals surface area contributed by atoms with Crippen LogP contribution in [-0.4, -0.2) is 10.9 Å². The van der Waals surface area contributed by atoms with Crippen LogP contribution in [0.4, 0.5) is 5.69 Å². The van der Waals surface area contributed by atoms with Crippen molar-refractivity contribution < 1.29 is 4.79 Å². The molecule has 100 valence electrons. The second-order valence-electron chi connectivity index (χ2n) is 4.41. The summed E-state index contributed by atoms with van der Waals surface area (Å²) in [5, 5.41) is 11.6. The summed E-state index contributed by atoms with van der Waals surface area (Å²) in [5.41, 5.74) is 2.66. The zero-order valence-electron chi connectivity index (χ0n) is 11.3. The topological polar surface area (TPSA) is 65.8 Å². The molecule has 2 aromatic rings. The van der Waals surface area contributed by atoms with Gasteiger partial charge < -0.3 is 5.32 Å². The number of aryl methyl sites for hydroxylation is 1. The van der Waals surface area contributed by atoms with Crippen LogP contribution < -0.4 is 5.32 Å². The van der Waals surface area contributed by atoms with Crippen LogP contribution in [0.1, 0.15) is 35.0 Å². The van der Waals surface area contributed by atoms with E-state index in [0.717, 1.165) is 24.1 Å². The maximum absolute atomic E-state index is 12.1. The van der Waals surface area contributed by atoms with Gasteiger partial charge in [0.1, 0.15) is 11.8 Å². The molecular weight excluding hydrogens is 250 g/mol. The van der Waals surface area contributed by atoms with Crippen LogP contribution in [-0.2, 0) is 6.42 Å². The number of nitrogens with one attached hydrogen (secondary N) is 1. The fraction of sp³-hybridized carbons (Fsp3) is 0.188. The molecule has 0 unspecified atom stereocenters. The van der Waals surface area contributed by atoms with Gasteiger partial charge in [-0.3, -0.25) is 4.79 Å². The van der Waals surface area contributed by atoms with E-state index in [4.69, 9.17) is 5.26 Å². The lowest BCUT2D eigenvalue weighted by Gasteiger charge is -2.10. The van der Waals surface area contributed by atoms with Crippen LogP contribution in [0.5, 0.6) is 0 Å². The lowest BCUT2D eigenvalue weighted by atomic mass is 10.1. The average molecular weight is 265 g/mol. The lowest BCUT2D eigenvalue weighted by molar-refractivity contribution is 0.102. The van der Waals surface area contributed by atoms with Gasteiger partial charge in [-0.1, -0.05) is 31.5 Å². The Hall–Kier alpha value is -2.67. The summed E-state index contributed by atoms with van der Waals surface area (Å²) >= 11 is 0. The van der Waals surface area contributed by atoms with Crippen LogP contribution in [0.3, 0.4) is 0 Å². The number of hydrogen-bond donors (Lipinski definition) is 1. The number of benzene rings is 1. The third-order valence-corrected chi connectivity index (χ3v) is 2.91. The van der Waals surface area contributed by atoms with E-state index in [1.807, 2.05) is 30.3 Å². The van der Waals surface area contributed by atoms with Crippen molar-refractivity contribution >= 4 is 11.6 Å². The zero-order valence-corrected chi connectivity index (χ0v) is 11.3. The minimum Gasteiger partial charge on any atom is -0.320 e. The lowest BCUT2D eigenvalue weighted by Crippen LogP contribution is -2.14. The Balaban J connectivity index is 2.17. The molecule has 0 bridgehead atoms. The van der Waals surface area contributed by atoms with E-state index in [-0.39, 0.29) is 5.91 Å². The predicted octanol–water partition coefficient (Wildman–Crippen LogP) is 3.16. The maximum atomic E-state index is 12.1. The third-order valence-electron chi connectivity index (χ3n) is 2.91. The molecule has 4 heteroatoms. The first-order valence-corrected chi connectivity index (χ1v) is 6.50. The van der Waals surface area contributed by atoms with Crippen molar-refractivity contribution in [1.82, 2.24) is 4.98 Å². The van der Waals surface area contributed by atoms with Crippen molar-refractivity contribution in [3.05, 3.63) is 59.4 Å². The van der Waals surface area contributed by atoms with Gasteiger partial charge in [0, 0.05) is 11.9 Å². The molecule has 0 aliphatic carbocycles. The Bertz CT molecular complexity index is 642. The average Bonchev–Trinajstić information content (AvgIpc) is 2.49. The van der Waals surface area contributed by atoms with E-state index in [9.17, 15) is 4.79 Å². The van der Waals surface area contributed by atoms with Crippen LogP contribution in [0.25, 0.3) is 0 Å². The van der Waals surface area contributed by atoms with Gasteiger partial charge in [-0.2, -0.15) is 5.26 Å². The van der Waals surface area contributed by atoms with E-state index in [1.165, 1.54) is 6.20 Å². The number of nitriles is 1.